The molecule has 38 heavy (non-hydrogen) atoms. The highest BCUT2D eigenvalue weighted by atomic mass is 19.4. The van der Waals surface area contributed by atoms with Crippen LogP contribution in [0.25, 0.3) is 0 Å². The average molecular weight is 530 g/mol. The number of carboxylic acids is 1. The highest BCUT2D eigenvalue weighted by molar-refractivity contribution is 5.95. The van der Waals surface area contributed by atoms with Gasteiger partial charge in [-0.2, -0.15) is 13.2 Å². The van der Waals surface area contributed by atoms with Crippen molar-refractivity contribution in [3.63, 3.8) is 0 Å². The van der Waals surface area contributed by atoms with Crippen molar-refractivity contribution in [3.05, 3.63) is 90.0 Å². The standard InChI is InChI=1S/C29H30F3NO5/c1-28(2,3)38-27(36)33(22-11-5-4-6-12-22)25(26(34)35)14-7-9-20-15-17-23(18-16-20)37-24-13-8-10-21(19-24)29(30,31)32/h4-6,8,10-13,15-19,25H,7,9,14H2,1-3H3,(H,34,35). The average Bonchev–Trinajstić information content (AvgIpc) is 2.83. The Labute approximate surface area is 219 Å². The molecule has 3 aromatic carbocycles. The Morgan fingerprint density at radius 3 is 2.13 bits per heavy atom. The molecule has 1 amide bonds. The zero-order chi connectivity index (χ0) is 27.9. The molecule has 0 heterocycles. The minimum atomic E-state index is -4.46. The molecule has 6 nitrogen and oxygen atoms in total. The molecule has 9 heteroatoms. The number of hydrogen-bond donors (Lipinski definition) is 1. The Hall–Kier alpha value is -4.01. The zero-order valence-corrected chi connectivity index (χ0v) is 21.4. The van der Waals surface area contributed by atoms with Crippen LogP contribution in [-0.4, -0.2) is 28.8 Å². The molecule has 1 atom stereocenters. The summed E-state index contributed by atoms with van der Waals surface area (Å²) in [6.07, 6.45) is -4.06. The van der Waals surface area contributed by atoms with Crippen molar-refractivity contribution in [2.75, 3.05) is 4.90 Å². The van der Waals surface area contributed by atoms with E-state index >= 15 is 0 Å². The van der Waals surface area contributed by atoms with Gasteiger partial charge < -0.3 is 14.6 Å². The topological polar surface area (TPSA) is 76.1 Å². The van der Waals surface area contributed by atoms with Gasteiger partial charge in [0.2, 0.25) is 0 Å². The summed E-state index contributed by atoms with van der Waals surface area (Å²) < 4.78 is 49.8. The summed E-state index contributed by atoms with van der Waals surface area (Å²) in [5, 5.41) is 9.96. The number of aryl methyl sites for hydroxylation is 1. The van der Waals surface area contributed by atoms with E-state index in [1.807, 2.05) is 0 Å². The van der Waals surface area contributed by atoms with Gasteiger partial charge in [-0.15, -0.1) is 0 Å². The number of rotatable bonds is 9. The number of ether oxygens (including phenoxy) is 2. The van der Waals surface area contributed by atoms with E-state index in [-0.39, 0.29) is 12.2 Å². The number of carbonyl (C=O) groups is 2. The Bertz CT molecular complexity index is 1220. The number of alkyl halides is 3. The van der Waals surface area contributed by atoms with Gasteiger partial charge in [0.1, 0.15) is 23.1 Å². The summed E-state index contributed by atoms with van der Waals surface area (Å²) in [5.74, 6) is -0.707. The molecule has 0 fully saturated rings. The maximum atomic E-state index is 13.0. The third kappa shape index (κ3) is 8.26. The highest BCUT2D eigenvalue weighted by Crippen LogP contribution is 2.33. The molecule has 3 rings (SSSR count). The summed E-state index contributed by atoms with van der Waals surface area (Å²) in [6.45, 7) is 5.14. The lowest BCUT2D eigenvalue weighted by molar-refractivity contribution is -0.139. The van der Waals surface area contributed by atoms with Crippen LogP contribution in [0, 0.1) is 0 Å². The second-order valence-corrected chi connectivity index (χ2v) is 9.70. The molecular weight excluding hydrogens is 499 g/mol. The minimum Gasteiger partial charge on any atom is -0.480 e. The third-order valence-corrected chi connectivity index (χ3v) is 5.48. The van der Waals surface area contributed by atoms with Gasteiger partial charge in [0.05, 0.1) is 5.56 Å². The number of aliphatic carboxylic acids is 1. The highest BCUT2D eigenvalue weighted by Gasteiger charge is 2.34. The van der Waals surface area contributed by atoms with Crippen molar-refractivity contribution < 1.29 is 37.3 Å². The molecule has 0 spiro atoms. The third-order valence-electron chi connectivity index (χ3n) is 5.48. The number of hydrogen-bond acceptors (Lipinski definition) is 4. The molecule has 1 N–H and O–H groups in total. The van der Waals surface area contributed by atoms with Gasteiger partial charge in [0, 0.05) is 5.69 Å². The fraction of sp³-hybridized carbons (Fsp3) is 0.310. The number of nitrogens with zero attached hydrogens (tertiary/aromatic N) is 1. The number of carboxylic acid groups (broad SMARTS) is 1. The summed E-state index contributed by atoms with van der Waals surface area (Å²) >= 11 is 0. The van der Waals surface area contributed by atoms with Crippen molar-refractivity contribution in [2.45, 2.75) is 57.9 Å². The molecule has 202 valence electrons. The van der Waals surface area contributed by atoms with Crippen LogP contribution >= 0.6 is 0 Å². The number of carbonyl (C=O) groups excluding carboxylic acids is 1. The molecule has 0 saturated carbocycles. The largest absolute Gasteiger partial charge is 0.480 e. The Kier molecular flexibility index (Phi) is 9.04. The predicted octanol–water partition coefficient (Wildman–Crippen LogP) is 7.72. The van der Waals surface area contributed by atoms with Gasteiger partial charge in [-0.1, -0.05) is 36.4 Å². The lowest BCUT2D eigenvalue weighted by Crippen LogP contribution is -2.47. The number of halogens is 3. The molecule has 0 aromatic heterocycles. The van der Waals surface area contributed by atoms with Gasteiger partial charge >= 0.3 is 18.2 Å². The molecular formula is C29H30F3NO5. The van der Waals surface area contributed by atoms with Gasteiger partial charge in [0.15, 0.2) is 0 Å². The number of amides is 1. The van der Waals surface area contributed by atoms with E-state index in [0.717, 1.165) is 17.7 Å². The maximum Gasteiger partial charge on any atom is 0.416 e. The minimum absolute atomic E-state index is 0.0695. The molecule has 0 radical (unpaired) electrons. The van der Waals surface area contributed by atoms with Crippen molar-refractivity contribution in [2.24, 2.45) is 0 Å². The number of para-hydroxylation sites is 1. The van der Waals surface area contributed by atoms with Crippen LogP contribution in [0.5, 0.6) is 11.5 Å². The van der Waals surface area contributed by atoms with Crippen molar-refractivity contribution >= 4 is 17.7 Å². The van der Waals surface area contributed by atoms with Gasteiger partial charge in [-0.3, -0.25) is 4.90 Å². The zero-order valence-electron chi connectivity index (χ0n) is 21.4. The number of benzene rings is 3. The van der Waals surface area contributed by atoms with Crippen molar-refractivity contribution in [3.8, 4) is 11.5 Å². The second kappa shape index (κ2) is 12.0. The lowest BCUT2D eigenvalue weighted by atomic mass is 10.0. The molecule has 0 aliphatic rings. The van der Waals surface area contributed by atoms with Gasteiger partial charge in [0.25, 0.3) is 0 Å². The van der Waals surface area contributed by atoms with E-state index < -0.39 is 35.4 Å². The van der Waals surface area contributed by atoms with Crippen LogP contribution < -0.4 is 9.64 Å². The maximum absolute atomic E-state index is 13.0. The molecule has 0 aliphatic heterocycles. The fourth-order valence-corrected chi connectivity index (χ4v) is 3.77. The fourth-order valence-electron chi connectivity index (χ4n) is 3.77. The van der Waals surface area contributed by atoms with E-state index in [9.17, 15) is 27.9 Å². The van der Waals surface area contributed by atoms with E-state index in [1.165, 1.54) is 17.0 Å². The first-order chi connectivity index (χ1) is 17.8. The Balaban J connectivity index is 1.66. The SMILES string of the molecule is CC(C)(C)OC(=O)N(c1ccccc1)C(CCCc1ccc(Oc2cccc(C(F)(F)F)c2)cc1)C(=O)O. The quantitative estimate of drug-likeness (QED) is 0.307. The first-order valence-corrected chi connectivity index (χ1v) is 12.1. The first kappa shape index (κ1) is 28.6. The summed E-state index contributed by atoms with van der Waals surface area (Å²) in [7, 11) is 0. The second-order valence-electron chi connectivity index (χ2n) is 9.70. The van der Waals surface area contributed by atoms with Crippen molar-refractivity contribution in [1.29, 1.82) is 0 Å². The predicted molar refractivity (Wildman–Crippen MR) is 137 cm³/mol. The Morgan fingerprint density at radius 2 is 1.55 bits per heavy atom. The van der Waals surface area contributed by atoms with Gasteiger partial charge in [-0.25, -0.2) is 9.59 Å². The van der Waals surface area contributed by atoms with Crippen LogP contribution in [0.1, 0.15) is 44.7 Å². The van der Waals surface area contributed by atoms with Crippen LogP contribution in [0.3, 0.4) is 0 Å². The molecule has 0 bridgehead atoms. The normalized spacial score (nSPS) is 12.5. The van der Waals surface area contributed by atoms with Crippen LogP contribution in [0.2, 0.25) is 0 Å². The molecule has 0 saturated heterocycles. The summed E-state index contributed by atoms with van der Waals surface area (Å²) in [4.78, 5) is 26.3. The Morgan fingerprint density at radius 1 is 0.895 bits per heavy atom. The monoisotopic (exact) mass is 529 g/mol. The molecule has 3 aromatic rings. The van der Waals surface area contributed by atoms with Crippen molar-refractivity contribution in [1.82, 2.24) is 0 Å². The van der Waals surface area contributed by atoms with E-state index in [1.54, 1.807) is 75.4 Å². The van der Waals surface area contributed by atoms with Gasteiger partial charge in [-0.05, 0) is 88.1 Å². The van der Waals surface area contributed by atoms with E-state index in [2.05, 4.69) is 0 Å². The lowest BCUT2D eigenvalue weighted by Gasteiger charge is -2.31. The van der Waals surface area contributed by atoms with Crippen LogP contribution in [-0.2, 0) is 22.1 Å². The smallest absolute Gasteiger partial charge is 0.416 e. The molecule has 0 aliphatic carbocycles. The van der Waals surface area contributed by atoms with Crippen LogP contribution in [0.4, 0.5) is 23.7 Å². The van der Waals surface area contributed by atoms with E-state index in [4.69, 9.17) is 9.47 Å². The first-order valence-electron chi connectivity index (χ1n) is 12.1. The molecule has 1 unspecified atom stereocenters. The number of anilines is 1. The van der Waals surface area contributed by atoms with Crippen LogP contribution in [0.15, 0.2) is 78.9 Å². The van der Waals surface area contributed by atoms with E-state index in [0.29, 0.717) is 24.3 Å². The summed E-state index contributed by atoms with van der Waals surface area (Å²) in [5.41, 5.74) is -0.291. The summed E-state index contributed by atoms with van der Waals surface area (Å²) in [6, 6.07) is 18.8.